The molecule has 2 rings (SSSR count). The molecule has 2 aromatic rings. The van der Waals surface area contributed by atoms with Gasteiger partial charge in [0.25, 0.3) is 0 Å². The zero-order valence-corrected chi connectivity index (χ0v) is 17.2. The largest absolute Gasteiger partial charge is 0.491 e. The Kier molecular flexibility index (Phi) is 7.41. The molecule has 0 amide bonds. The lowest BCUT2D eigenvalue weighted by Crippen LogP contribution is -2.39. The average molecular weight is 392 g/mol. The van der Waals surface area contributed by atoms with Gasteiger partial charge in [0.05, 0.1) is 4.90 Å². The van der Waals surface area contributed by atoms with Gasteiger partial charge in [-0.15, -0.1) is 0 Å². The maximum atomic E-state index is 11.7. The number of sulfone groups is 1. The molecule has 1 N–H and O–H groups in total. The van der Waals surface area contributed by atoms with E-state index in [4.69, 9.17) is 4.74 Å². The van der Waals surface area contributed by atoms with Gasteiger partial charge in [-0.2, -0.15) is 0 Å². The van der Waals surface area contributed by atoms with Gasteiger partial charge in [-0.25, -0.2) is 8.42 Å². The maximum Gasteiger partial charge on any atom is 0.175 e. The van der Waals surface area contributed by atoms with Crippen molar-refractivity contribution in [1.82, 2.24) is 4.90 Å². The lowest BCUT2D eigenvalue weighted by atomic mass is 10.1. The van der Waals surface area contributed by atoms with Gasteiger partial charge in [0, 0.05) is 25.4 Å². The Morgan fingerprint density at radius 2 is 1.78 bits per heavy atom. The van der Waals surface area contributed by atoms with Gasteiger partial charge in [0.1, 0.15) is 18.5 Å². The number of aliphatic hydroxyl groups excluding tert-OH is 1. The molecule has 0 radical (unpaired) electrons. The van der Waals surface area contributed by atoms with Crippen molar-refractivity contribution in [2.24, 2.45) is 0 Å². The molecule has 148 valence electrons. The summed E-state index contributed by atoms with van der Waals surface area (Å²) in [6.07, 6.45) is 0.540. The minimum atomic E-state index is -3.25. The molecular formula is C21H29NO4S. The van der Waals surface area contributed by atoms with Crippen LogP contribution in [0.2, 0.25) is 0 Å². The van der Waals surface area contributed by atoms with Crippen LogP contribution in [0.25, 0.3) is 0 Å². The molecule has 6 heteroatoms. The highest BCUT2D eigenvalue weighted by molar-refractivity contribution is 7.90. The van der Waals surface area contributed by atoms with Crippen LogP contribution in [0.1, 0.15) is 25.0 Å². The van der Waals surface area contributed by atoms with E-state index in [9.17, 15) is 13.5 Å². The molecule has 0 aliphatic rings. The number of hydrogen-bond acceptors (Lipinski definition) is 5. The molecule has 0 fully saturated rings. The van der Waals surface area contributed by atoms with Crippen molar-refractivity contribution >= 4 is 9.84 Å². The molecule has 2 aromatic carbocycles. The Labute approximate surface area is 162 Å². The van der Waals surface area contributed by atoms with Crippen molar-refractivity contribution in [2.45, 2.75) is 44.4 Å². The summed E-state index contributed by atoms with van der Waals surface area (Å²) in [6, 6.07) is 15.3. The smallest absolute Gasteiger partial charge is 0.175 e. The molecule has 1 unspecified atom stereocenters. The molecule has 27 heavy (non-hydrogen) atoms. The van der Waals surface area contributed by atoms with Crippen LogP contribution >= 0.6 is 0 Å². The second kappa shape index (κ2) is 9.35. The lowest BCUT2D eigenvalue weighted by molar-refractivity contribution is 0.0543. The zero-order valence-electron chi connectivity index (χ0n) is 16.4. The predicted molar refractivity (Wildman–Crippen MR) is 108 cm³/mol. The fourth-order valence-corrected chi connectivity index (χ4v) is 3.88. The van der Waals surface area contributed by atoms with E-state index in [1.165, 1.54) is 11.8 Å². The Morgan fingerprint density at radius 1 is 1.11 bits per heavy atom. The van der Waals surface area contributed by atoms with Crippen molar-refractivity contribution in [2.75, 3.05) is 19.4 Å². The lowest BCUT2D eigenvalue weighted by Gasteiger charge is -2.28. The van der Waals surface area contributed by atoms with Gasteiger partial charge in [-0.05, 0) is 50.1 Å². The predicted octanol–water partition coefficient (Wildman–Crippen LogP) is 3.05. The van der Waals surface area contributed by atoms with E-state index in [-0.39, 0.29) is 12.6 Å². The second-order valence-electron chi connectivity index (χ2n) is 7.17. The first-order valence-electron chi connectivity index (χ1n) is 9.06. The standard InChI is InChI=1S/C21H29NO4S/c1-16(2)22(13-18-8-6-5-7-9-18)14-19(23)15-26-20-10-11-21(17(3)12-20)27(4,24)25/h5-12,16,19,23H,13-15H2,1-4H3. The molecule has 0 aliphatic heterocycles. The number of ether oxygens (including phenoxy) is 1. The van der Waals surface area contributed by atoms with Crippen LogP contribution in [-0.2, 0) is 16.4 Å². The first-order valence-corrected chi connectivity index (χ1v) is 11.0. The molecule has 0 aromatic heterocycles. The normalized spacial score (nSPS) is 13.1. The second-order valence-corrected chi connectivity index (χ2v) is 9.16. The highest BCUT2D eigenvalue weighted by atomic mass is 32.2. The van der Waals surface area contributed by atoms with Crippen LogP contribution in [-0.4, -0.2) is 50.0 Å². The van der Waals surface area contributed by atoms with Gasteiger partial charge < -0.3 is 9.84 Å². The van der Waals surface area contributed by atoms with Crippen molar-refractivity contribution in [3.05, 3.63) is 59.7 Å². The molecular weight excluding hydrogens is 362 g/mol. The van der Waals surface area contributed by atoms with E-state index >= 15 is 0 Å². The van der Waals surface area contributed by atoms with Crippen LogP contribution < -0.4 is 4.74 Å². The quantitative estimate of drug-likeness (QED) is 0.712. The van der Waals surface area contributed by atoms with Gasteiger partial charge in [-0.3, -0.25) is 4.90 Å². The number of rotatable bonds is 9. The number of nitrogens with zero attached hydrogens (tertiary/aromatic N) is 1. The van der Waals surface area contributed by atoms with Crippen LogP contribution in [0.3, 0.4) is 0 Å². The van der Waals surface area contributed by atoms with Crippen LogP contribution in [0.15, 0.2) is 53.4 Å². The molecule has 0 aliphatic carbocycles. The van der Waals surface area contributed by atoms with Crippen molar-refractivity contribution < 1.29 is 18.3 Å². The topological polar surface area (TPSA) is 66.8 Å². The molecule has 0 saturated carbocycles. The Bertz CT molecular complexity index is 835. The van der Waals surface area contributed by atoms with E-state index in [2.05, 4.69) is 30.9 Å². The fourth-order valence-electron chi connectivity index (χ4n) is 2.92. The van der Waals surface area contributed by atoms with Crippen molar-refractivity contribution in [3.63, 3.8) is 0 Å². The van der Waals surface area contributed by atoms with Crippen molar-refractivity contribution in [3.8, 4) is 5.75 Å². The number of aliphatic hydroxyl groups is 1. The molecule has 0 spiro atoms. The zero-order chi connectivity index (χ0) is 20.0. The third-order valence-corrected chi connectivity index (χ3v) is 5.65. The first-order chi connectivity index (χ1) is 12.7. The van der Waals surface area contributed by atoms with Gasteiger partial charge in [0.2, 0.25) is 0 Å². The summed E-state index contributed by atoms with van der Waals surface area (Å²) < 4.78 is 29.0. The highest BCUT2D eigenvalue weighted by Crippen LogP contribution is 2.21. The van der Waals surface area contributed by atoms with Gasteiger partial charge in [0.15, 0.2) is 9.84 Å². The maximum absolute atomic E-state index is 11.7. The van der Waals surface area contributed by atoms with E-state index in [1.807, 2.05) is 18.2 Å². The van der Waals surface area contributed by atoms with Crippen LogP contribution in [0.5, 0.6) is 5.75 Å². The Morgan fingerprint density at radius 3 is 2.33 bits per heavy atom. The summed E-state index contributed by atoms with van der Waals surface area (Å²) in [7, 11) is -3.25. The summed E-state index contributed by atoms with van der Waals surface area (Å²) in [5.41, 5.74) is 1.84. The summed E-state index contributed by atoms with van der Waals surface area (Å²) >= 11 is 0. The summed E-state index contributed by atoms with van der Waals surface area (Å²) in [5.74, 6) is 0.554. The third kappa shape index (κ3) is 6.65. The summed E-state index contributed by atoms with van der Waals surface area (Å²) in [4.78, 5) is 2.49. The first kappa shape index (κ1) is 21.4. The fraction of sp³-hybridized carbons (Fsp3) is 0.429. The summed E-state index contributed by atoms with van der Waals surface area (Å²) in [5, 5.41) is 10.4. The van der Waals surface area contributed by atoms with E-state index in [1.54, 1.807) is 25.1 Å². The Hall–Kier alpha value is -1.89. The third-order valence-electron chi connectivity index (χ3n) is 4.39. The highest BCUT2D eigenvalue weighted by Gasteiger charge is 2.16. The van der Waals surface area contributed by atoms with E-state index in [0.717, 1.165) is 6.54 Å². The molecule has 0 bridgehead atoms. The van der Waals surface area contributed by atoms with Gasteiger partial charge >= 0.3 is 0 Å². The van der Waals surface area contributed by atoms with E-state index in [0.29, 0.717) is 22.8 Å². The van der Waals surface area contributed by atoms with Crippen molar-refractivity contribution in [1.29, 1.82) is 0 Å². The average Bonchev–Trinajstić information content (AvgIpc) is 2.59. The minimum Gasteiger partial charge on any atom is -0.491 e. The molecule has 0 heterocycles. The number of benzene rings is 2. The Balaban J connectivity index is 1.94. The number of aryl methyl sites for hydroxylation is 1. The van der Waals surface area contributed by atoms with E-state index < -0.39 is 15.9 Å². The molecule has 5 nitrogen and oxygen atoms in total. The number of hydrogen-bond donors (Lipinski definition) is 1. The molecule has 1 atom stereocenters. The monoisotopic (exact) mass is 391 g/mol. The van der Waals surface area contributed by atoms with Crippen LogP contribution in [0.4, 0.5) is 0 Å². The SMILES string of the molecule is Cc1cc(OCC(O)CN(Cc2ccccc2)C(C)C)ccc1S(C)(=O)=O. The summed E-state index contributed by atoms with van der Waals surface area (Å²) in [6.45, 7) is 7.34. The van der Waals surface area contributed by atoms with Crippen LogP contribution in [0, 0.1) is 6.92 Å². The minimum absolute atomic E-state index is 0.148. The van der Waals surface area contributed by atoms with Gasteiger partial charge in [-0.1, -0.05) is 30.3 Å². The molecule has 0 saturated heterocycles.